The summed E-state index contributed by atoms with van der Waals surface area (Å²) in [5.74, 6) is 5.02. The number of nitro groups is 1. The SMILES string of the molecule is NN=C(C=S(=O)=O)C(Cl)(Cl)c1ccccc1[N+](=O)[O-]. The fourth-order valence-electron chi connectivity index (χ4n) is 1.31. The Bertz CT molecular complexity index is 662. The second-order valence-electron chi connectivity index (χ2n) is 3.24. The number of alkyl halides is 2. The van der Waals surface area contributed by atoms with Gasteiger partial charge >= 0.3 is 0 Å². The quantitative estimate of drug-likeness (QED) is 0.223. The highest BCUT2D eigenvalue weighted by atomic mass is 35.5. The van der Waals surface area contributed by atoms with Crippen LogP contribution in [0.15, 0.2) is 29.4 Å². The number of nitrogens with two attached hydrogens (primary N) is 1. The first-order valence-electron chi connectivity index (χ1n) is 4.63. The van der Waals surface area contributed by atoms with Gasteiger partial charge in [-0.2, -0.15) is 13.5 Å². The smallest absolute Gasteiger partial charge is 0.276 e. The molecule has 0 spiro atoms. The molecular formula is C9H7Cl2N3O4S. The molecule has 7 nitrogen and oxygen atoms in total. The number of halogens is 2. The van der Waals surface area contributed by atoms with Gasteiger partial charge in [-0.05, 0) is 6.07 Å². The number of nitrogens with zero attached hydrogens (tertiary/aromatic N) is 2. The summed E-state index contributed by atoms with van der Waals surface area (Å²) in [6, 6.07) is 5.34. The van der Waals surface area contributed by atoms with Crippen molar-refractivity contribution in [3.05, 3.63) is 39.9 Å². The fourth-order valence-corrected chi connectivity index (χ4v) is 2.39. The van der Waals surface area contributed by atoms with Gasteiger partial charge in [0.1, 0.15) is 5.71 Å². The third kappa shape index (κ3) is 3.43. The van der Waals surface area contributed by atoms with E-state index in [1.165, 1.54) is 24.3 Å². The zero-order chi connectivity index (χ0) is 14.6. The largest absolute Gasteiger partial charge is 0.323 e. The summed E-state index contributed by atoms with van der Waals surface area (Å²) in [5, 5.41) is 14.6. The molecule has 0 amide bonds. The predicted molar refractivity (Wildman–Crippen MR) is 73.1 cm³/mol. The maximum atomic E-state index is 10.9. The minimum absolute atomic E-state index is 0.130. The molecule has 1 aromatic rings. The highest BCUT2D eigenvalue weighted by molar-refractivity contribution is 7.73. The lowest BCUT2D eigenvalue weighted by Gasteiger charge is -2.18. The van der Waals surface area contributed by atoms with Gasteiger partial charge in [-0.25, -0.2) is 0 Å². The van der Waals surface area contributed by atoms with E-state index >= 15 is 0 Å². The standard InChI is InChI=1S/C9H7Cl2N3O4S/c10-9(11,8(13-12)5-19(17)18)6-3-1-2-4-7(6)14(15)16/h1-5H,12H2. The first-order chi connectivity index (χ1) is 8.80. The molecule has 1 aromatic carbocycles. The Morgan fingerprint density at radius 1 is 1.42 bits per heavy atom. The van der Waals surface area contributed by atoms with Crippen molar-refractivity contribution in [1.29, 1.82) is 0 Å². The Morgan fingerprint density at radius 3 is 2.47 bits per heavy atom. The van der Waals surface area contributed by atoms with Crippen molar-refractivity contribution in [3.8, 4) is 0 Å². The molecule has 0 saturated heterocycles. The van der Waals surface area contributed by atoms with Crippen molar-refractivity contribution in [2.75, 3.05) is 0 Å². The third-order valence-corrected chi connectivity index (χ3v) is 3.32. The van der Waals surface area contributed by atoms with E-state index in [2.05, 4.69) is 5.10 Å². The zero-order valence-electron chi connectivity index (χ0n) is 9.16. The van der Waals surface area contributed by atoms with E-state index in [0.717, 1.165) is 0 Å². The van der Waals surface area contributed by atoms with E-state index in [4.69, 9.17) is 29.0 Å². The van der Waals surface area contributed by atoms with Crippen molar-refractivity contribution >= 4 is 50.3 Å². The summed E-state index contributed by atoms with van der Waals surface area (Å²) in [7, 11) is -2.66. The fraction of sp³-hybridized carbons (Fsp3) is 0.111. The summed E-state index contributed by atoms with van der Waals surface area (Å²) in [4.78, 5) is 10.2. The Hall–Kier alpha value is -1.64. The maximum Gasteiger partial charge on any atom is 0.276 e. The molecule has 0 aliphatic carbocycles. The van der Waals surface area contributed by atoms with E-state index < -0.39 is 25.3 Å². The van der Waals surface area contributed by atoms with Gasteiger partial charge in [0.2, 0.25) is 10.3 Å². The highest BCUT2D eigenvalue weighted by Crippen LogP contribution is 2.39. The van der Waals surface area contributed by atoms with Crippen molar-refractivity contribution < 1.29 is 13.3 Å². The van der Waals surface area contributed by atoms with Crippen LogP contribution in [0.2, 0.25) is 0 Å². The Balaban J connectivity index is 3.51. The molecule has 0 fully saturated rings. The monoisotopic (exact) mass is 323 g/mol. The summed E-state index contributed by atoms with van der Waals surface area (Å²) >= 11 is 11.9. The van der Waals surface area contributed by atoms with E-state index in [1.807, 2.05) is 0 Å². The normalized spacial score (nSPS) is 12.0. The average molecular weight is 324 g/mol. The number of para-hydroxylation sites is 1. The summed E-state index contributed by atoms with van der Waals surface area (Å²) in [6.07, 6.45) is 0. The topological polar surface area (TPSA) is 116 Å². The van der Waals surface area contributed by atoms with Crippen LogP contribution < -0.4 is 5.84 Å². The number of rotatable bonds is 4. The number of nitro benzene ring substituents is 1. The first-order valence-corrected chi connectivity index (χ1v) is 6.53. The lowest BCUT2D eigenvalue weighted by atomic mass is 10.1. The number of benzene rings is 1. The Morgan fingerprint density at radius 2 is 2.00 bits per heavy atom. The molecule has 0 aliphatic rings. The predicted octanol–water partition coefficient (Wildman–Crippen LogP) is 1.22. The molecule has 2 N–H and O–H groups in total. The third-order valence-electron chi connectivity index (χ3n) is 2.11. The summed E-state index contributed by atoms with van der Waals surface area (Å²) in [6.45, 7) is 0. The van der Waals surface area contributed by atoms with E-state index in [9.17, 15) is 18.5 Å². The van der Waals surface area contributed by atoms with E-state index in [0.29, 0.717) is 5.37 Å². The van der Waals surface area contributed by atoms with Crippen molar-refractivity contribution in [3.63, 3.8) is 0 Å². The van der Waals surface area contributed by atoms with Crippen LogP contribution in [-0.2, 0) is 14.6 Å². The second kappa shape index (κ2) is 6.00. The molecule has 0 radical (unpaired) electrons. The molecule has 0 bridgehead atoms. The van der Waals surface area contributed by atoms with Crippen LogP contribution in [-0.4, -0.2) is 24.4 Å². The lowest BCUT2D eigenvalue weighted by Crippen LogP contribution is -2.27. The van der Waals surface area contributed by atoms with Crippen LogP contribution in [0.3, 0.4) is 0 Å². The Kier molecular flexibility index (Phi) is 4.87. The van der Waals surface area contributed by atoms with E-state index in [1.54, 1.807) is 0 Å². The minimum Gasteiger partial charge on any atom is -0.323 e. The molecule has 1 rings (SSSR count). The zero-order valence-corrected chi connectivity index (χ0v) is 11.5. The molecule has 0 atom stereocenters. The molecule has 0 aromatic heterocycles. The molecule has 0 aliphatic heterocycles. The number of hydrazone groups is 1. The molecule has 0 heterocycles. The first kappa shape index (κ1) is 15.4. The van der Waals surface area contributed by atoms with E-state index in [-0.39, 0.29) is 11.3 Å². The van der Waals surface area contributed by atoms with Crippen LogP contribution in [0, 0.1) is 10.1 Å². The molecule has 0 saturated carbocycles. The van der Waals surface area contributed by atoms with Crippen molar-refractivity contribution in [2.45, 2.75) is 4.33 Å². The molecule has 10 heteroatoms. The summed E-state index contributed by atoms with van der Waals surface area (Å²) < 4.78 is 19.2. The number of hydrogen-bond acceptors (Lipinski definition) is 6. The highest BCUT2D eigenvalue weighted by Gasteiger charge is 2.38. The van der Waals surface area contributed by atoms with Gasteiger partial charge in [0.15, 0.2) is 4.33 Å². The van der Waals surface area contributed by atoms with Crippen molar-refractivity contribution in [2.24, 2.45) is 10.9 Å². The van der Waals surface area contributed by atoms with Gasteiger partial charge in [0.05, 0.1) is 15.9 Å². The van der Waals surface area contributed by atoms with Crippen LogP contribution in [0.25, 0.3) is 0 Å². The van der Waals surface area contributed by atoms with Gasteiger partial charge in [-0.3, -0.25) is 10.1 Å². The van der Waals surface area contributed by atoms with Crippen LogP contribution in [0.5, 0.6) is 0 Å². The molecule has 102 valence electrons. The van der Waals surface area contributed by atoms with Crippen LogP contribution >= 0.6 is 23.2 Å². The average Bonchev–Trinajstić information content (AvgIpc) is 2.35. The Labute approximate surface area is 119 Å². The van der Waals surface area contributed by atoms with Crippen LogP contribution in [0.1, 0.15) is 5.56 Å². The van der Waals surface area contributed by atoms with Gasteiger partial charge in [0.25, 0.3) is 5.69 Å². The van der Waals surface area contributed by atoms with Crippen molar-refractivity contribution in [1.82, 2.24) is 0 Å². The van der Waals surface area contributed by atoms with Gasteiger partial charge in [-0.15, -0.1) is 0 Å². The molecular weight excluding hydrogens is 317 g/mol. The van der Waals surface area contributed by atoms with Gasteiger partial charge < -0.3 is 5.84 Å². The number of hydrogen-bond donors (Lipinski definition) is 1. The summed E-state index contributed by atoms with van der Waals surface area (Å²) in [5.41, 5.74) is -0.938. The molecule has 19 heavy (non-hydrogen) atoms. The molecule has 0 unspecified atom stereocenters. The van der Waals surface area contributed by atoms with Crippen LogP contribution in [0.4, 0.5) is 5.69 Å². The lowest BCUT2D eigenvalue weighted by molar-refractivity contribution is -0.385. The van der Waals surface area contributed by atoms with Gasteiger partial charge in [0, 0.05) is 6.07 Å². The maximum absolute atomic E-state index is 10.9. The minimum atomic E-state index is -2.66. The van der Waals surface area contributed by atoms with Gasteiger partial charge in [-0.1, -0.05) is 35.3 Å². The second-order valence-corrected chi connectivity index (χ2v) is 5.33.